The van der Waals surface area contributed by atoms with Crippen molar-refractivity contribution in [2.24, 2.45) is 0 Å². The zero-order chi connectivity index (χ0) is 14.1. The molecule has 0 aliphatic carbocycles. The molecule has 5 heteroatoms. The number of carbonyl (C=O) groups excluding carboxylic acids is 1. The van der Waals surface area contributed by atoms with Crippen LogP contribution in [0.25, 0.3) is 10.2 Å². The number of fused-ring (bicyclic) bond motifs is 1. The van der Waals surface area contributed by atoms with Gasteiger partial charge in [0.2, 0.25) is 0 Å². The molecule has 0 saturated carbocycles. The zero-order valence-corrected chi connectivity index (χ0v) is 12.3. The van der Waals surface area contributed by atoms with Crippen LogP contribution in [0.5, 0.6) is 0 Å². The van der Waals surface area contributed by atoms with Gasteiger partial charge < -0.3 is 5.32 Å². The Morgan fingerprint density at radius 1 is 1.25 bits per heavy atom. The van der Waals surface area contributed by atoms with Gasteiger partial charge in [0.05, 0.1) is 10.2 Å². The summed E-state index contributed by atoms with van der Waals surface area (Å²) in [5.74, 6) is -0.198. The zero-order valence-electron chi connectivity index (χ0n) is 10.7. The van der Waals surface area contributed by atoms with E-state index < -0.39 is 0 Å². The Morgan fingerprint density at radius 2 is 2.05 bits per heavy atom. The number of halogens is 1. The molecule has 100 valence electrons. The van der Waals surface area contributed by atoms with Crippen LogP contribution >= 0.6 is 22.9 Å². The Hall–Kier alpha value is -1.91. The molecule has 20 heavy (non-hydrogen) atoms. The maximum Gasteiger partial charge on any atom is 0.284 e. The predicted molar refractivity (Wildman–Crippen MR) is 83.8 cm³/mol. The highest BCUT2D eigenvalue weighted by Crippen LogP contribution is 2.25. The van der Waals surface area contributed by atoms with Gasteiger partial charge in [-0.2, -0.15) is 0 Å². The first-order valence-electron chi connectivity index (χ1n) is 6.06. The Kier molecular flexibility index (Phi) is 3.42. The quantitative estimate of drug-likeness (QED) is 0.756. The van der Waals surface area contributed by atoms with E-state index in [1.54, 1.807) is 12.1 Å². The minimum atomic E-state index is -0.198. The molecular weight excluding hydrogens is 292 g/mol. The van der Waals surface area contributed by atoms with E-state index in [2.05, 4.69) is 10.3 Å². The summed E-state index contributed by atoms with van der Waals surface area (Å²) in [4.78, 5) is 16.5. The largest absolute Gasteiger partial charge is 0.320 e. The average molecular weight is 303 g/mol. The van der Waals surface area contributed by atoms with E-state index in [1.165, 1.54) is 11.3 Å². The topological polar surface area (TPSA) is 42.0 Å². The lowest BCUT2D eigenvalue weighted by atomic mass is 10.2. The number of carbonyl (C=O) groups is 1. The Bertz CT molecular complexity index is 797. The van der Waals surface area contributed by atoms with Crippen LogP contribution in [-0.2, 0) is 0 Å². The molecule has 0 fully saturated rings. The van der Waals surface area contributed by atoms with E-state index in [4.69, 9.17) is 11.6 Å². The number of nitrogens with zero attached hydrogens (tertiary/aromatic N) is 1. The van der Waals surface area contributed by atoms with Crippen LogP contribution in [0, 0.1) is 6.92 Å². The molecule has 3 rings (SSSR count). The minimum absolute atomic E-state index is 0.198. The summed E-state index contributed by atoms with van der Waals surface area (Å²) in [5, 5.41) is 3.93. The normalized spacial score (nSPS) is 10.7. The summed E-state index contributed by atoms with van der Waals surface area (Å²) in [6.07, 6.45) is 0. The van der Waals surface area contributed by atoms with E-state index in [9.17, 15) is 4.79 Å². The second kappa shape index (κ2) is 5.23. The van der Waals surface area contributed by atoms with Crippen LogP contribution in [0.15, 0.2) is 42.5 Å². The minimum Gasteiger partial charge on any atom is -0.320 e. The molecular formula is C15H11ClN2OS. The van der Waals surface area contributed by atoms with Gasteiger partial charge in [-0.05, 0) is 36.8 Å². The molecule has 0 saturated heterocycles. The number of anilines is 1. The summed E-state index contributed by atoms with van der Waals surface area (Å²) in [6, 6.07) is 13.1. The molecule has 1 N–H and O–H groups in total. The van der Waals surface area contributed by atoms with Crippen molar-refractivity contribution >= 4 is 44.7 Å². The van der Waals surface area contributed by atoms with Gasteiger partial charge >= 0.3 is 0 Å². The predicted octanol–water partition coefficient (Wildman–Crippen LogP) is 4.51. The first kappa shape index (κ1) is 13.1. The molecule has 0 aliphatic heterocycles. The van der Waals surface area contributed by atoms with Crippen LogP contribution in [0.1, 0.15) is 15.4 Å². The van der Waals surface area contributed by atoms with Gasteiger partial charge in [0, 0.05) is 10.7 Å². The molecule has 2 aromatic carbocycles. The van der Waals surface area contributed by atoms with E-state index in [0.717, 1.165) is 21.5 Å². The smallest absolute Gasteiger partial charge is 0.284 e. The fourth-order valence-electron chi connectivity index (χ4n) is 1.89. The van der Waals surface area contributed by atoms with Crippen molar-refractivity contribution in [2.75, 3.05) is 5.32 Å². The Labute approximate surface area is 125 Å². The third kappa shape index (κ3) is 2.53. The van der Waals surface area contributed by atoms with Gasteiger partial charge in [-0.15, -0.1) is 11.3 Å². The molecule has 0 spiro atoms. The van der Waals surface area contributed by atoms with Gasteiger partial charge in [-0.3, -0.25) is 4.79 Å². The third-order valence-corrected chi connectivity index (χ3v) is 4.21. The van der Waals surface area contributed by atoms with Crippen molar-refractivity contribution in [3.05, 3.63) is 58.1 Å². The van der Waals surface area contributed by atoms with E-state index in [1.807, 2.05) is 37.3 Å². The van der Waals surface area contributed by atoms with Gasteiger partial charge in [-0.1, -0.05) is 29.8 Å². The summed E-state index contributed by atoms with van der Waals surface area (Å²) in [7, 11) is 0. The van der Waals surface area contributed by atoms with Crippen LogP contribution < -0.4 is 5.32 Å². The molecule has 0 atom stereocenters. The second-order valence-corrected chi connectivity index (χ2v) is 5.87. The van der Waals surface area contributed by atoms with Crippen molar-refractivity contribution in [1.82, 2.24) is 4.98 Å². The van der Waals surface area contributed by atoms with E-state index in [0.29, 0.717) is 10.0 Å². The molecule has 0 aliphatic rings. The van der Waals surface area contributed by atoms with Gasteiger partial charge in [0.1, 0.15) is 0 Å². The van der Waals surface area contributed by atoms with Crippen molar-refractivity contribution in [3.63, 3.8) is 0 Å². The third-order valence-electron chi connectivity index (χ3n) is 2.94. The molecule has 1 amide bonds. The maximum atomic E-state index is 12.2. The highest BCUT2D eigenvalue weighted by atomic mass is 35.5. The van der Waals surface area contributed by atoms with Crippen molar-refractivity contribution in [2.45, 2.75) is 6.92 Å². The summed E-state index contributed by atoms with van der Waals surface area (Å²) >= 11 is 7.28. The van der Waals surface area contributed by atoms with Crippen LogP contribution in [0.4, 0.5) is 5.69 Å². The van der Waals surface area contributed by atoms with Crippen LogP contribution in [0.2, 0.25) is 5.02 Å². The lowest BCUT2D eigenvalue weighted by molar-refractivity contribution is 0.102. The number of hydrogen-bond donors (Lipinski definition) is 1. The second-order valence-electron chi connectivity index (χ2n) is 4.40. The highest BCUT2D eigenvalue weighted by Gasteiger charge is 2.13. The number of aromatic nitrogens is 1. The monoisotopic (exact) mass is 302 g/mol. The van der Waals surface area contributed by atoms with Gasteiger partial charge in [0.15, 0.2) is 5.01 Å². The standard InChI is InChI=1S/C15H11ClN2OS/c1-9-4-2-3-5-11(9)17-14(19)15-18-12-8-10(16)6-7-13(12)20-15/h2-8H,1H3,(H,17,19). The number of aryl methyl sites for hydroxylation is 1. The van der Waals surface area contributed by atoms with Crippen LogP contribution in [-0.4, -0.2) is 10.9 Å². The highest BCUT2D eigenvalue weighted by molar-refractivity contribution is 7.20. The van der Waals surface area contributed by atoms with Gasteiger partial charge in [0.25, 0.3) is 5.91 Å². The maximum absolute atomic E-state index is 12.2. The molecule has 0 unspecified atom stereocenters. The fraction of sp³-hybridized carbons (Fsp3) is 0.0667. The lowest BCUT2D eigenvalue weighted by Gasteiger charge is -2.05. The Balaban J connectivity index is 1.91. The number of thiazole rings is 1. The number of benzene rings is 2. The van der Waals surface area contributed by atoms with E-state index >= 15 is 0 Å². The van der Waals surface area contributed by atoms with Crippen LogP contribution in [0.3, 0.4) is 0 Å². The summed E-state index contributed by atoms with van der Waals surface area (Å²) < 4.78 is 0.948. The number of hydrogen-bond acceptors (Lipinski definition) is 3. The number of rotatable bonds is 2. The van der Waals surface area contributed by atoms with Gasteiger partial charge in [-0.25, -0.2) is 4.98 Å². The Morgan fingerprint density at radius 3 is 2.85 bits per heavy atom. The lowest BCUT2D eigenvalue weighted by Crippen LogP contribution is -2.12. The molecule has 3 nitrogen and oxygen atoms in total. The molecule has 0 radical (unpaired) electrons. The first-order valence-corrected chi connectivity index (χ1v) is 7.26. The van der Waals surface area contributed by atoms with E-state index in [-0.39, 0.29) is 5.91 Å². The van der Waals surface area contributed by atoms with Crippen molar-refractivity contribution in [3.8, 4) is 0 Å². The molecule has 0 bridgehead atoms. The molecule has 1 heterocycles. The average Bonchev–Trinajstić information content (AvgIpc) is 2.84. The molecule has 3 aromatic rings. The number of nitrogens with one attached hydrogen (secondary N) is 1. The SMILES string of the molecule is Cc1ccccc1NC(=O)c1nc2cc(Cl)ccc2s1. The fourth-order valence-corrected chi connectivity index (χ4v) is 2.89. The first-order chi connectivity index (χ1) is 9.63. The summed E-state index contributed by atoms with van der Waals surface area (Å²) in [6.45, 7) is 1.95. The van der Waals surface area contributed by atoms with Crippen molar-refractivity contribution < 1.29 is 4.79 Å². The molecule has 1 aromatic heterocycles. The summed E-state index contributed by atoms with van der Waals surface area (Å²) in [5.41, 5.74) is 2.57. The van der Waals surface area contributed by atoms with Crippen molar-refractivity contribution in [1.29, 1.82) is 0 Å². The number of para-hydroxylation sites is 1. The number of amides is 1.